The van der Waals surface area contributed by atoms with Crippen LogP contribution in [0, 0.1) is 0 Å². The summed E-state index contributed by atoms with van der Waals surface area (Å²) < 4.78 is 26.3. The first-order valence-electron chi connectivity index (χ1n) is 8.70. The van der Waals surface area contributed by atoms with Crippen LogP contribution in [0.25, 0.3) is 0 Å². The van der Waals surface area contributed by atoms with Gasteiger partial charge in [-0.25, -0.2) is 9.59 Å². The van der Waals surface area contributed by atoms with Crippen molar-refractivity contribution in [2.45, 2.75) is 58.2 Å². The predicted octanol–water partition coefficient (Wildman–Crippen LogP) is 2.70. The van der Waals surface area contributed by atoms with E-state index in [4.69, 9.17) is 24.7 Å². The van der Waals surface area contributed by atoms with E-state index in [9.17, 15) is 9.59 Å². The molecule has 1 aromatic rings. The van der Waals surface area contributed by atoms with Crippen molar-refractivity contribution in [3.05, 3.63) is 29.8 Å². The van der Waals surface area contributed by atoms with Crippen LogP contribution in [0.5, 0.6) is 5.75 Å². The van der Waals surface area contributed by atoms with Crippen LogP contribution in [0.1, 0.15) is 46.2 Å². The van der Waals surface area contributed by atoms with Gasteiger partial charge in [0.05, 0.1) is 6.61 Å². The molecule has 2 atom stereocenters. The van der Waals surface area contributed by atoms with Crippen LogP contribution >= 0.6 is 0 Å². The van der Waals surface area contributed by atoms with Gasteiger partial charge in [0.15, 0.2) is 5.79 Å². The fourth-order valence-corrected chi connectivity index (χ4v) is 2.36. The molecule has 0 saturated carbocycles. The Hall–Kier alpha value is -2.16. The van der Waals surface area contributed by atoms with Gasteiger partial charge in [-0.2, -0.15) is 0 Å². The second-order valence-electron chi connectivity index (χ2n) is 7.69. The summed E-state index contributed by atoms with van der Waals surface area (Å²) in [6.07, 6.45) is -1.23. The minimum Gasteiger partial charge on any atom is -0.491 e. The Bertz CT molecular complexity index is 664. The average molecular weight is 381 g/mol. The highest BCUT2D eigenvalue weighted by Crippen LogP contribution is 2.24. The van der Waals surface area contributed by atoms with Crippen molar-refractivity contribution in [3.8, 4) is 5.75 Å². The summed E-state index contributed by atoms with van der Waals surface area (Å²) >= 11 is 0. The first kappa shape index (κ1) is 21.1. The fourth-order valence-electron chi connectivity index (χ4n) is 2.36. The highest BCUT2D eigenvalue weighted by atomic mass is 16.8. The number of carbonyl (C=O) groups is 2. The molecule has 0 aliphatic carbocycles. The second-order valence-corrected chi connectivity index (χ2v) is 7.69. The average Bonchev–Trinajstić information content (AvgIpc) is 2.90. The Morgan fingerprint density at radius 3 is 2.41 bits per heavy atom. The number of nitrogens with two attached hydrogens (primary N) is 1. The van der Waals surface area contributed by atoms with E-state index in [0.29, 0.717) is 24.5 Å². The molecule has 0 amide bonds. The molecular formula is C19H27NO7. The van der Waals surface area contributed by atoms with E-state index in [2.05, 4.69) is 4.74 Å². The third kappa shape index (κ3) is 6.82. The Labute approximate surface area is 158 Å². The summed E-state index contributed by atoms with van der Waals surface area (Å²) in [5.41, 5.74) is 5.57. The molecule has 8 heteroatoms. The van der Waals surface area contributed by atoms with E-state index in [-0.39, 0.29) is 6.10 Å². The smallest absolute Gasteiger partial charge is 0.491 e. The Morgan fingerprint density at radius 1 is 1.26 bits per heavy atom. The lowest BCUT2D eigenvalue weighted by atomic mass is 10.1. The SMILES string of the molecule is CC(C)(C)OC(=O)OC(=O)C(N)c1ccc(OC[C@H]2COC(C)(C)O2)cc1. The van der Waals surface area contributed by atoms with Crippen LogP contribution in [-0.2, 0) is 23.7 Å². The quantitative estimate of drug-likeness (QED) is 0.613. The van der Waals surface area contributed by atoms with Crippen molar-refractivity contribution in [2.75, 3.05) is 13.2 Å². The number of rotatable bonds is 5. The van der Waals surface area contributed by atoms with Crippen LogP contribution in [-0.4, -0.2) is 42.8 Å². The van der Waals surface area contributed by atoms with Crippen LogP contribution < -0.4 is 10.5 Å². The summed E-state index contributed by atoms with van der Waals surface area (Å²) in [6, 6.07) is 5.51. The maximum absolute atomic E-state index is 12.0. The molecule has 8 nitrogen and oxygen atoms in total. The van der Waals surface area contributed by atoms with Crippen LogP contribution in [0.15, 0.2) is 24.3 Å². The van der Waals surface area contributed by atoms with Gasteiger partial charge in [-0.15, -0.1) is 0 Å². The van der Waals surface area contributed by atoms with Gasteiger partial charge in [-0.3, -0.25) is 0 Å². The van der Waals surface area contributed by atoms with E-state index in [1.54, 1.807) is 45.0 Å². The molecule has 0 aromatic heterocycles. The third-order valence-electron chi connectivity index (χ3n) is 3.57. The molecule has 0 spiro atoms. The normalized spacial score (nSPS) is 20.0. The van der Waals surface area contributed by atoms with Gasteiger partial charge in [-0.1, -0.05) is 12.1 Å². The van der Waals surface area contributed by atoms with Crippen molar-refractivity contribution >= 4 is 12.1 Å². The van der Waals surface area contributed by atoms with Gasteiger partial charge in [0.1, 0.15) is 30.1 Å². The van der Waals surface area contributed by atoms with Gasteiger partial charge < -0.3 is 29.4 Å². The Kier molecular flexibility index (Phi) is 6.46. The number of benzene rings is 1. The first-order valence-corrected chi connectivity index (χ1v) is 8.70. The molecule has 1 fully saturated rings. The topological polar surface area (TPSA) is 106 Å². The van der Waals surface area contributed by atoms with Gasteiger partial charge >= 0.3 is 12.1 Å². The molecule has 1 aliphatic rings. The molecule has 0 bridgehead atoms. The largest absolute Gasteiger partial charge is 0.516 e. The van der Waals surface area contributed by atoms with Gasteiger partial charge in [0.2, 0.25) is 0 Å². The molecule has 1 aromatic carbocycles. The molecule has 27 heavy (non-hydrogen) atoms. The van der Waals surface area contributed by atoms with E-state index >= 15 is 0 Å². The van der Waals surface area contributed by atoms with Crippen LogP contribution in [0.3, 0.4) is 0 Å². The first-order chi connectivity index (χ1) is 12.5. The Morgan fingerprint density at radius 2 is 1.89 bits per heavy atom. The predicted molar refractivity (Wildman–Crippen MR) is 96.1 cm³/mol. The zero-order chi connectivity index (χ0) is 20.2. The molecule has 0 radical (unpaired) electrons. The van der Waals surface area contributed by atoms with Crippen molar-refractivity contribution in [3.63, 3.8) is 0 Å². The van der Waals surface area contributed by atoms with Crippen LogP contribution in [0.4, 0.5) is 4.79 Å². The third-order valence-corrected chi connectivity index (χ3v) is 3.57. The summed E-state index contributed by atoms with van der Waals surface area (Å²) in [7, 11) is 0. The summed E-state index contributed by atoms with van der Waals surface area (Å²) in [5, 5.41) is 0. The molecule has 1 aliphatic heterocycles. The number of hydrogen-bond acceptors (Lipinski definition) is 8. The highest BCUT2D eigenvalue weighted by molar-refractivity contribution is 5.86. The van der Waals surface area contributed by atoms with E-state index in [1.165, 1.54) is 0 Å². The monoisotopic (exact) mass is 381 g/mol. The van der Waals surface area contributed by atoms with Gasteiger partial charge in [-0.05, 0) is 52.3 Å². The Balaban J connectivity index is 1.84. The van der Waals surface area contributed by atoms with Crippen molar-refractivity contribution in [1.82, 2.24) is 0 Å². The fraction of sp³-hybridized carbons (Fsp3) is 0.579. The number of hydrogen-bond donors (Lipinski definition) is 1. The minimum atomic E-state index is -1.11. The van der Waals surface area contributed by atoms with Crippen molar-refractivity contribution < 1.29 is 33.3 Å². The lowest BCUT2D eigenvalue weighted by molar-refractivity contribution is -0.143. The van der Waals surface area contributed by atoms with Crippen molar-refractivity contribution in [1.29, 1.82) is 0 Å². The number of ether oxygens (including phenoxy) is 5. The minimum absolute atomic E-state index is 0.147. The number of esters is 1. The van der Waals surface area contributed by atoms with Gasteiger partial charge in [0.25, 0.3) is 0 Å². The number of carbonyl (C=O) groups excluding carboxylic acids is 2. The van der Waals surface area contributed by atoms with E-state index in [0.717, 1.165) is 0 Å². The molecule has 2 rings (SSSR count). The van der Waals surface area contributed by atoms with E-state index in [1.807, 2.05) is 13.8 Å². The molecule has 1 unspecified atom stereocenters. The molecule has 2 N–H and O–H groups in total. The highest BCUT2D eigenvalue weighted by Gasteiger charge is 2.33. The zero-order valence-electron chi connectivity index (χ0n) is 16.3. The molecule has 1 heterocycles. The van der Waals surface area contributed by atoms with Gasteiger partial charge in [0, 0.05) is 0 Å². The lowest BCUT2D eigenvalue weighted by Crippen LogP contribution is -2.30. The molecule has 1 saturated heterocycles. The summed E-state index contributed by atoms with van der Waals surface area (Å²) in [5.74, 6) is -0.893. The van der Waals surface area contributed by atoms with Crippen molar-refractivity contribution in [2.24, 2.45) is 5.73 Å². The lowest BCUT2D eigenvalue weighted by Gasteiger charge is -2.19. The summed E-state index contributed by atoms with van der Waals surface area (Å²) in [6.45, 7) is 9.50. The molecule has 150 valence electrons. The summed E-state index contributed by atoms with van der Waals surface area (Å²) in [4.78, 5) is 23.5. The maximum atomic E-state index is 12.0. The molecular weight excluding hydrogens is 354 g/mol. The zero-order valence-corrected chi connectivity index (χ0v) is 16.3. The van der Waals surface area contributed by atoms with E-state index < -0.39 is 29.6 Å². The maximum Gasteiger partial charge on any atom is 0.516 e. The second kappa shape index (κ2) is 8.24. The van der Waals surface area contributed by atoms with Crippen LogP contribution in [0.2, 0.25) is 0 Å². The standard InChI is InChI=1S/C19H27NO7/c1-18(2,3)27-17(22)25-16(21)15(20)12-6-8-13(9-7-12)23-10-14-11-24-19(4,5)26-14/h6-9,14-15H,10-11,20H2,1-5H3/t14-,15?/m0/s1.